The van der Waals surface area contributed by atoms with E-state index in [1.807, 2.05) is 0 Å². The highest BCUT2D eigenvalue weighted by Crippen LogP contribution is 2.45. The zero-order chi connectivity index (χ0) is 12.7. The molecule has 0 aromatic heterocycles. The summed E-state index contributed by atoms with van der Waals surface area (Å²) >= 11 is 0. The van der Waals surface area contributed by atoms with Crippen LogP contribution in [0.4, 0.5) is 0 Å². The lowest BCUT2D eigenvalue weighted by Gasteiger charge is -2.39. The fourth-order valence-corrected chi connectivity index (χ4v) is 3.85. The Labute approximate surface area is 131 Å². The summed E-state index contributed by atoms with van der Waals surface area (Å²) in [6, 6.07) is 21.3. The molecule has 2 aliphatic rings. The third kappa shape index (κ3) is 2.21. The van der Waals surface area contributed by atoms with Crippen LogP contribution in [0.2, 0.25) is 0 Å². The maximum Gasteiger partial charge on any atom is 0.0394 e. The largest absolute Gasteiger partial charge is 0.289 e. The first-order valence-corrected chi connectivity index (χ1v) is 7.32. The van der Waals surface area contributed by atoms with E-state index in [1.54, 1.807) is 11.1 Å². The van der Waals surface area contributed by atoms with Crippen LogP contribution in [0.15, 0.2) is 54.6 Å². The van der Waals surface area contributed by atoms with Gasteiger partial charge in [-0.25, -0.2) is 0 Å². The van der Waals surface area contributed by atoms with Crippen molar-refractivity contribution in [2.75, 3.05) is 6.54 Å². The standard InChI is InChI=1S/C18H19N.BrH/c1-2-7-14(8-3-1)18-13-15-9-4-5-10-16(15)17-11-6-12-19(17)18;/h1-5,7-10,17-18H,6,11-13H2;1H/t17-,18+;/m0./s1. The summed E-state index contributed by atoms with van der Waals surface area (Å²) in [5.41, 5.74) is 4.61. The zero-order valence-electron chi connectivity index (χ0n) is 11.5. The van der Waals surface area contributed by atoms with Gasteiger partial charge in [0.25, 0.3) is 0 Å². The van der Waals surface area contributed by atoms with Crippen molar-refractivity contribution in [2.24, 2.45) is 0 Å². The Morgan fingerprint density at radius 3 is 2.45 bits per heavy atom. The van der Waals surface area contributed by atoms with Gasteiger partial charge in [0.15, 0.2) is 0 Å². The fraction of sp³-hybridized carbons (Fsp3) is 0.333. The van der Waals surface area contributed by atoms with Gasteiger partial charge in [-0.15, -0.1) is 17.0 Å². The predicted molar refractivity (Wildman–Crippen MR) is 88.3 cm³/mol. The zero-order valence-corrected chi connectivity index (χ0v) is 13.2. The van der Waals surface area contributed by atoms with Crippen molar-refractivity contribution in [3.8, 4) is 0 Å². The summed E-state index contributed by atoms with van der Waals surface area (Å²) < 4.78 is 0. The minimum absolute atomic E-state index is 0. The Bertz CT molecular complexity index is 581. The molecule has 0 radical (unpaired) electrons. The summed E-state index contributed by atoms with van der Waals surface area (Å²) in [5, 5.41) is 0. The van der Waals surface area contributed by atoms with Crippen molar-refractivity contribution < 1.29 is 0 Å². The van der Waals surface area contributed by atoms with E-state index in [9.17, 15) is 0 Å². The molecule has 104 valence electrons. The van der Waals surface area contributed by atoms with Crippen molar-refractivity contribution >= 4 is 17.0 Å². The van der Waals surface area contributed by atoms with E-state index in [2.05, 4.69) is 59.5 Å². The lowest BCUT2D eigenvalue weighted by Crippen LogP contribution is -2.34. The molecule has 2 aromatic carbocycles. The normalized spacial score (nSPS) is 24.6. The van der Waals surface area contributed by atoms with Gasteiger partial charge in [-0.1, -0.05) is 54.6 Å². The number of halogens is 1. The van der Waals surface area contributed by atoms with Crippen LogP contribution in [0.25, 0.3) is 0 Å². The molecule has 0 N–H and O–H groups in total. The number of hydrogen-bond donors (Lipinski definition) is 0. The summed E-state index contributed by atoms with van der Waals surface area (Å²) in [7, 11) is 0. The van der Waals surface area contributed by atoms with Crippen molar-refractivity contribution in [3.05, 3.63) is 71.3 Å². The molecular formula is C18H20BrN. The molecule has 4 rings (SSSR count). The highest BCUT2D eigenvalue weighted by Gasteiger charge is 2.37. The summed E-state index contributed by atoms with van der Waals surface area (Å²) in [4.78, 5) is 2.72. The highest BCUT2D eigenvalue weighted by molar-refractivity contribution is 8.93. The Morgan fingerprint density at radius 1 is 0.850 bits per heavy atom. The first-order chi connectivity index (χ1) is 9.43. The monoisotopic (exact) mass is 329 g/mol. The molecule has 2 atom stereocenters. The molecule has 0 unspecified atom stereocenters. The van der Waals surface area contributed by atoms with Crippen molar-refractivity contribution in [2.45, 2.75) is 31.3 Å². The van der Waals surface area contributed by atoms with E-state index in [0.29, 0.717) is 12.1 Å². The second-order valence-corrected chi connectivity index (χ2v) is 5.73. The van der Waals surface area contributed by atoms with Crippen LogP contribution in [0.1, 0.15) is 41.6 Å². The van der Waals surface area contributed by atoms with E-state index in [0.717, 1.165) is 6.42 Å². The van der Waals surface area contributed by atoms with Gasteiger partial charge in [0.2, 0.25) is 0 Å². The maximum absolute atomic E-state index is 2.72. The van der Waals surface area contributed by atoms with Gasteiger partial charge in [-0.05, 0) is 42.5 Å². The topological polar surface area (TPSA) is 3.24 Å². The average Bonchev–Trinajstić information content (AvgIpc) is 2.97. The molecular weight excluding hydrogens is 310 g/mol. The molecule has 1 fully saturated rings. The lowest BCUT2D eigenvalue weighted by molar-refractivity contribution is 0.163. The second kappa shape index (κ2) is 5.71. The molecule has 1 nitrogen and oxygen atoms in total. The first kappa shape index (κ1) is 13.8. The van der Waals surface area contributed by atoms with Gasteiger partial charge < -0.3 is 0 Å². The Kier molecular flexibility index (Phi) is 3.95. The quantitative estimate of drug-likeness (QED) is 0.733. The SMILES string of the molecule is Br.c1ccc([C@H]2Cc3ccccc3[C@@H]3CCCN23)cc1. The van der Waals surface area contributed by atoms with Gasteiger partial charge >= 0.3 is 0 Å². The molecule has 0 bridgehead atoms. The van der Waals surface area contributed by atoms with E-state index < -0.39 is 0 Å². The number of benzene rings is 2. The molecule has 0 aliphatic carbocycles. The maximum atomic E-state index is 2.72. The van der Waals surface area contributed by atoms with Crippen LogP contribution in [0.3, 0.4) is 0 Å². The van der Waals surface area contributed by atoms with E-state index in [-0.39, 0.29) is 17.0 Å². The van der Waals surface area contributed by atoms with Gasteiger partial charge in [0, 0.05) is 12.1 Å². The fourth-order valence-electron chi connectivity index (χ4n) is 3.85. The third-order valence-corrected chi connectivity index (χ3v) is 4.71. The molecule has 2 heteroatoms. The minimum atomic E-state index is 0. The summed E-state index contributed by atoms with van der Waals surface area (Å²) in [6.45, 7) is 1.25. The highest BCUT2D eigenvalue weighted by atomic mass is 79.9. The van der Waals surface area contributed by atoms with Crippen molar-refractivity contribution in [3.63, 3.8) is 0 Å². The van der Waals surface area contributed by atoms with Gasteiger partial charge in [-0.2, -0.15) is 0 Å². The average molecular weight is 330 g/mol. The van der Waals surface area contributed by atoms with Crippen LogP contribution < -0.4 is 0 Å². The van der Waals surface area contributed by atoms with Gasteiger partial charge in [-0.3, -0.25) is 4.90 Å². The molecule has 2 heterocycles. The number of fused-ring (bicyclic) bond motifs is 3. The summed E-state index contributed by atoms with van der Waals surface area (Å²) in [5.74, 6) is 0. The Hall–Kier alpha value is -1.12. The molecule has 0 spiro atoms. The number of hydrogen-bond acceptors (Lipinski definition) is 1. The first-order valence-electron chi connectivity index (χ1n) is 7.32. The predicted octanol–water partition coefficient (Wildman–Crippen LogP) is 4.70. The van der Waals surface area contributed by atoms with Crippen molar-refractivity contribution in [1.82, 2.24) is 4.90 Å². The third-order valence-electron chi connectivity index (χ3n) is 4.71. The van der Waals surface area contributed by atoms with Crippen LogP contribution in [0, 0.1) is 0 Å². The van der Waals surface area contributed by atoms with Crippen LogP contribution in [-0.2, 0) is 6.42 Å². The van der Waals surface area contributed by atoms with Crippen molar-refractivity contribution in [1.29, 1.82) is 0 Å². The van der Waals surface area contributed by atoms with Crippen LogP contribution in [0.5, 0.6) is 0 Å². The molecule has 2 aliphatic heterocycles. The number of rotatable bonds is 1. The van der Waals surface area contributed by atoms with Gasteiger partial charge in [0.1, 0.15) is 0 Å². The summed E-state index contributed by atoms with van der Waals surface area (Å²) in [6.07, 6.45) is 3.82. The smallest absolute Gasteiger partial charge is 0.0394 e. The van der Waals surface area contributed by atoms with Crippen LogP contribution in [-0.4, -0.2) is 11.4 Å². The Morgan fingerprint density at radius 2 is 1.60 bits per heavy atom. The molecule has 1 saturated heterocycles. The van der Waals surface area contributed by atoms with E-state index in [1.165, 1.54) is 24.9 Å². The Balaban J connectivity index is 0.00000121. The van der Waals surface area contributed by atoms with Crippen LogP contribution >= 0.6 is 17.0 Å². The molecule has 0 amide bonds. The lowest BCUT2D eigenvalue weighted by atomic mass is 9.86. The van der Waals surface area contributed by atoms with E-state index >= 15 is 0 Å². The molecule has 0 saturated carbocycles. The van der Waals surface area contributed by atoms with Gasteiger partial charge in [0.05, 0.1) is 0 Å². The minimum Gasteiger partial charge on any atom is -0.289 e. The molecule has 2 aromatic rings. The van der Waals surface area contributed by atoms with E-state index in [4.69, 9.17) is 0 Å². The number of nitrogens with zero attached hydrogens (tertiary/aromatic N) is 1. The second-order valence-electron chi connectivity index (χ2n) is 5.73. The molecule has 20 heavy (non-hydrogen) atoms.